The Bertz CT molecular complexity index is 979. The van der Waals surface area contributed by atoms with Crippen molar-refractivity contribution < 1.29 is 34.2 Å². The normalized spacial score (nSPS) is 14.7. The van der Waals surface area contributed by atoms with E-state index in [0.717, 1.165) is 0 Å². The Balaban J connectivity index is 2.97. The standard InChI is InChI=1S/C21H36N10O7/c1-10(32)16(19(36)30-14(20(37)38)7-11-8-26-9-28-11)31-18(35)13(3-2-6-27-21(24)25)29-17(34)12(22)4-5-15(23)33/h8-10,12-14,16,32H,2-7,22H2,1H3,(H2,23,33)(H,26,28)(H,29,34)(H,30,36)(H,31,35)(H,37,38)(H4,24,25,27). The zero-order chi connectivity index (χ0) is 28.8. The van der Waals surface area contributed by atoms with Crippen LogP contribution >= 0.6 is 0 Å². The number of nitrogens with one attached hydrogen (secondary N) is 4. The van der Waals surface area contributed by atoms with Crippen LogP contribution in [-0.2, 0) is 30.4 Å². The molecule has 0 saturated carbocycles. The second kappa shape index (κ2) is 15.8. The second-order valence-corrected chi connectivity index (χ2v) is 8.53. The number of carboxylic acid groups (broad SMARTS) is 1. The van der Waals surface area contributed by atoms with Gasteiger partial charge in [-0.05, 0) is 26.2 Å². The van der Waals surface area contributed by atoms with Gasteiger partial charge in [0.15, 0.2) is 5.96 Å². The van der Waals surface area contributed by atoms with Crippen LogP contribution in [0.5, 0.6) is 0 Å². The summed E-state index contributed by atoms with van der Waals surface area (Å²) < 4.78 is 0. The summed E-state index contributed by atoms with van der Waals surface area (Å²) in [4.78, 5) is 71.3. The molecule has 0 spiro atoms. The van der Waals surface area contributed by atoms with Crippen LogP contribution in [0.4, 0.5) is 0 Å². The summed E-state index contributed by atoms with van der Waals surface area (Å²) in [5.41, 5.74) is 21.9. The van der Waals surface area contributed by atoms with Crippen molar-refractivity contribution in [3.05, 3.63) is 18.2 Å². The quantitative estimate of drug-likeness (QED) is 0.0510. The van der Waals surface area contributed by atoms with Crippen molar-refractivity contribution in [2.75, 3.05) is 6.54 Å². The monoisotopic (exact) mass is 540 g/mol. The Morgan fingerprint density at radius 2 is 1.68 bits per heavy atom. The minimum Gasteiger partial charge on any atom is -0.480 e. The van der Waals surface area contributed by atoms with Crippen LogP contribution in [0.3, 0.4) is 0 Å². The molecule has 0 bridgehead atoms. The number of guanidine groups is 1. The molecule has 0 aliphatic carbocycles. The van der Waals surface area contributed by atoms with Crippen molar-refractivity contribution >= 4 is 35.6 Å². The van der Waals surface area contributed by atoms with E-state index in [-0.39, 0.29) is 44.6 Å². The molecule has 38 heavy (non-hydrogen) atoms. The minimum atomic E-state index is -1.56. The highest BCUT2D eigenvalue weighted by Crippen LogP contribution is 2.05. The Hall–Kier alpha value is -4.25. The molecular weight excluding hydrogens is 504 g/mol. The molecule has 0 fully saturated rings. The van der Waals surface area contributed by atoms with E-state index in [0.29, 0.717) is 5.69 Å². The fourth-order valence-electron chi connectivity index (χ4n) is 3.22. The Morgan fingerprint density at radius 3 is 2.21 bits per heavy atom. The van der Waals surface area contributed by atoms with Gasteiger partial charge in [-0.25, -0.2) is 9.78 Å². The molecule has 1 heterocycles. The molecule has 0 saturated heterocycles. The first-order valence-corrected chi connectivity index (χ1v) is 11.7. The number of rotatable bonds is 17. The summed E-state index contributed by atoms with van der Waals surface area (Å²) in [6, 6.07) is -5.33. The largest absolute Gasteiger partial charge is 0.480 e. The fraction of sp³-hybridized carbons (Fsp3) is 0.571. The molecule has 1 rings (SSSR count). The number of hydrogen-bond acceptors (Lipinski definition) is 9. The lowest BCUT2D eigenvalue weighted by molar-refractivity contribution is -0.143. The van der Waals surface area contributed by atoms with Crippen molar-refractivity contribution in [1.29, 1.82) is 0 Å². The summed E-state index contributed by atoms with van der Waals surface area (Å²) in [5.74, 6) is -4.75. The first-order chi connectivity index (χ1) is 17.8. The molecular formula is C21H36N10O7. The van der Waals surface area contributed by atoms with Gasteiger partial charge in [-0.2, -0.15) is 0 Å². The van der Waals surface area contributed by atoms with Crippen LogP contribution in [0.1, 0.15) is 38.3 Å². The number of carboxylic acids is 1. The number of aliphatic hydroxyl groups is 1. The van der Waals surface area contributed by atoms with Crippen LogP contribution < -0.4 is 38.9 Å². The molecule has 0 aliphatic rings. The van der Waals surface area contributed by atoms with Gasteiger partial charge in [0, 0.05) is 31.3 Å². The number of aromatic nitrogens is 2. The van der Waals surface area contributed by atoms with Crippen molar-refractivity contribution in [3.8, 4) is 0 Å². The second-order valence-electron chi connectivity index (χ2n) is 8.53. The maximum Gasteiger partial charge on any atom is 0.326 e. The van der Waals surface area contributed by atoms with Gasteiger partial charge >= 0.3 is 5.97 Å². The van der Waals surface area contributed by atoms with Gasteiger partial charge in [-0.3, -0.25) is 24.2 Å². The van der Waals surface area contributed by atoms with Gasteiger partial charge < -0.3 is 54.1 Å². The summed E-state index contributed by atoms with van der Waals surface area (Å²) in [6.07, 6.45) is 1.21. The van der Waals surface area contributed by atoms with Crippen LogP contribution in [0.2, 0.25) is 0 Å². The lowest BCUT2D eigenvalue weighted by Crippen LogP contribution is -2.60. The Labute approximate surface area is 218 Å². The zero-order valence-corrected chi connectivity index (χ0v) is 20.9. The van der Waals surface area contributed by atoms with Crippen LogP contribution in [0.25, 0.3) is 0 Å². The number of amides is 4. The first kappa shape index (κ1) is 31.8. The third kappa shape index (κ3) is 11.7. The van der Waals surface area contributed by atoms with E-state index in [9.17, 15) is 34.2 Å². The average molecular weight is 541 g/mol. The highest BCUT2D eigenvalue weighted by atomic mass is 16.4. The fourth-order valence-corrected chi connectivity index (χ4v) is 3.22. The molecule has 0 radical (unpaired) electrons. The lowest BCUT2D eigenvalue weighted by Gasteiger charge is -2.26. The number of primary amides is 1. The molecule has 14 N–H and O–H groups in total. The summed E-state index contributed by atoms with van der Waals surface area (Å²) in [7, 11) is 0. The smallest absolute Gasteiger partial charge is 0.326 e. The number of aliphatic imine (C=N–C) groups is 1. The number of aliphatic hydroxyl groups excluding tert-OH is 1. The van der Waals surface area contributed by atoms with Crippen molar-refractivity contribution in [3.63, 3.8) is 0 Å². The van der Waals surface area contributed by atoms with Crippen LogP contribution in [0, 0.1) is 0 Å². The van der Waals surface area contributed by atoms with Gasteiger partial charge in [-0.1, -0.05) is 0 Å². The summed E-state index contributed by atoms with van der Waals surface area (Å²) >= 11 is 0. The number of carbonyl (C=O) groups excluding carboxylic acids is 4. The Kier molecular flexibility index (Phi) is 13.2. The molecule has 4 amide bonds. The van der Waals surface area contributed by atoms with Gasteiger partial charge in [0.05, 0.1) is 18.5 Å². The van der Waals surface area contributed by atoms with Crippen molar-refractivity contribution in [2.24, 2.45) is 27.9 Å². The highest BCUT2D eigenvalue weighted by molar-refractivity contribution is 5.94. The van der Waals surface area contributed by atoms with E-state index in [1.54, 1.807) is 0 Å². The predicted molar refractivity (Wildman–Crippen MR) is 134 cm³/mol. The number of H-pyrrole nitrogens is 1. The number of nitrogens with zero attached hydrogens (tertiary/aromatic N) is 2. The van der Waals surface area contributed by atoms with Gasteiger partial charge in [0.2, 0.25) is 23.6 Å². The summed E-state index contributed by atoms with van der Waals surface area (Å²) in [6.45, 7) is 1.35. The van der Waals surface area contributed by atoms with Gasteiger partial charge in [-0.15, -0.1) is 0 Å². The van der Waals surface area contributed by atoms with Crippen LogP contribution in [-0.4, -0.2) is 92.6 Å². The zero-order valence-electron chi connectivity index (χ0n) is 20.9. The van der Waals surface area contributed by atoms with E-state index < -0.39 is 59.9 Å². The third-order valence-corrected chi connectivity index (χ3v) is 5.27. The number of imidazole rings is 1. The Morgan fingerprint density at radius 1 is 1.03 bits per heavy atom. The number of hydrogen-bond donors (Lipinski definition) is 10. The van der Waals surface area contributed by atoms with E-state index >= 15 is 0 Å². The number of carbonyl (C=O) groups is 5. The maximum absolute atomic E-state index is 13.0. The topological polar surface area (TPSA) is 307 Å². The molecule has 1 aromatic heterocycles. The van der Waals surface area contributed by atoms with Crippen LogP contribution in [0.15, 0.2) is 17.5 Å². The lowest BCUT2D eigenvalue weighted by atomic mass is 10.1. The summed E-state index contributed by atoms with van der Waals surface area (Å²) in [5, 5.41) is 26.7. The molecule has 17 nitrogen and oxygen atoms in total. The van der Waals surface area contributed by atoms with Crippen molar-refractivity contribution in [2.45, 2.75) is 69.3 Å². The number of aliphatic carboxylic acids is 1. The molecule has 0 aliphatic heterocycles. The average Bonchev–Trinajstić information content (AvgIpc) is 3.34. The minimum absolute atomic E-state index is 0.0165. The molecule has 5 unspecified atom stereocenters. The molecule has 0 aromatic carbocycles. The molecule has 17 heteroatoms. The molecule has 1 aromatic rings. The SMILES string of the molecule is CC(O)C(NC(=O)C(CCCN=C(N)N)NC(=O)C(N)CCC(N)=O)C(=O)NC(Cc1cnc[nH]1)C(=O)O. The number of nitrogens with two attached hydrogens (primary N) is 4. The highest BCUT2D eigenvalue weighted by Gasteiger charge is 2.32. The molecule has 212 valence electrons. The van der Waals surface area contributed by atoms with Gasteiger partial charge in [0.25, 0.3) is 0 Å². The van der Waals surface area contributed by atoms with E-state index in [1.165, 1.54) is 19.4 Å². The van der Waals surface area contributed by atoms with E-state index in [2.05, 4.69) is 30.9 Å². The maximum atomic E-state index is 13.0. The first-order valence-electron chi connectivity index (χ1n) is 11.7. The van der Waals surface area contributed by atoms with Crippen molar-refractivity contribution in [1.82, 2.24) is 25.9 Å². The van der Waals surface area contributed by atoms with Gasteiger partial charge in [0.1, 0.15) is 18.1 Å². The predicted octanol–water partition coefficient (Wildman–Crippen LogP) is -4.48. The number of aromatic amines is 1. The van der Waals surface area contributed by atoms with E-state index in [4.69, 9.17) is 22.9 Å². The molecule has 5 atom stereocenters. The van der Waals surface area contributed by atoms with E-state index in [1.807, 2.05) is 0 Å². The third-order valence-electron chi connectivity index (χ3n) is 5.27.